The zero-order valence-corrected chi connectivity index (χ0v) is 22.1. The van der Waals surface area contributed by atoms with Crippen LogP contribution in [0.3, 0.4) is 0 Å². The third kappa shape index (κ3) is 26.6. The molecule has 0 aromatic heterocycles. The molecule has 1 atom stereocenters. The molecule has 2 N–H and O–H groups in total. The first-order valence-corrected chi connectivity index (χ1v) is 14.1. The highest BCUT2D eigenvalue weighted by molar-refractivity contribution is 5.76. The van der Waals surface area contributed by atoms with Crippen LogP contribution >= 0.6 is 0 Å². The molecule has 0 aromatic rings. The van der Waals surface area contributed by atoms with Crippen molar-refractivity contribution in [1.82, 2.24) is 0 Å². The van der Waals surface area contributed by atoms with Gasteiger partial charge in [0.15, 0.2) is 0 Å². The van der Waals surface area contributed by atoms with Gasteiger partial charge in [-0.25, -0.2) is 0 Å². The van der Waals surface area contributed by atoms with Gasteiger partial charge in [0.05, 0.1) is 0 Å². The third-order valence-corrected chi connectivity index (χ3v) is 6.31. The molecule has 0 aliphatic carbocycles. The second kappa shape index (κ2) is 26.7. The van der Waals surface area contributed by atoms with Crippen molar-refractivity contribution in [3.8, 4) is 0 Å². The summed E-state index contributed by atoms with van der Waals surface area (Å²) in [7, 11) is 0. The smallest absolute Gasteiger partial charge is 0.220 e. The average Bonchev–Trinajstić information content (AvgIpc) is 2.81. The lowest BCUT2D eigenvalue weighted by atomic mass is 10.0. The van der Waals surface area contributed by atoms with E-state index < -0.39 is 0 Å². The summed E-state index contributed by atoms with van der Waals surface area (Å²) in [5.41, 5.74) is 5.29. The predicted octanol–water partition coefficient (Wildman–Crippen LogP) is 9.76. The van der Waals surface area contributed by atoms with E-state index in [2.05, 4.69) is 55.5 Å². The van der Waals surface area contributed by atoms with Gasteiger partial charge in [-0.15, -0.1) is 0 Å². The van der Waals surface area contributed by atoms with Crippen LogP contribution in [-0.2, 0) is 4.79 Å². The van der Waals surface area contributed by atoms with Gasteiger partial charge in [-0.1, -0.05) is 159 Å². The molecular formula is C31H55NO. The lowest BCUT2D eigenvalue weighted by molar-refractivity contribution is -0.121. The van der Waals surface area contributed by atoms with E-state index in [0.717, 1.165) is 19.3 Å². The van der Waals surface area contributed by atoms with Gasteiger partial charge in [0.1, 0.15) is 0 Å². The molecule has 33 heavy (non-hydrogen) atoms. The molecule has 1 unspecified atom stereocenters. The van der Waals surface area contributed by atoms with Crippen LogP contribution in [0.25, 0.3) is 0 Å². The molecule has 2 nitrogen and oxygen atoms in total. The molecule has 190 valence electrons. The van der Waals surface area contributed by atoms with Crippen LogP contribution in [0.1, 0.15) is 136 Å². The second-order valence-corrected chi connectivity index (χ2v) is 9.57. The Hall–Kier alpha value is -1.57. The number of unbranched alkanes of at least 4 members (excludes halogenated alkanes) is 16. The van der Waals surface area contributed by atoms with Gasteiger partial charge < -0.3 is 5.73 Å². The number of nitrogens with two attached hydrogens (primary N) is 1. The molecule has 0 aliphatic rings. The van der Waals surface area contributed by atoms with Gasteiger partial charge >= 0.3 is 0 Å². The van der Waals surface area contributed by atoms with Crippen LogP contribution in [-0.4, -0.2) is 5.91 Å². The van der Waals surface area contributed by atoms with Crippen molar-refractivity contribution in [2.75, 3.05) is 0 Å². The Kier molecular flexibility index (Phi) is 25.4. The fourth-order valence-corrected chi connectivity index (χ4v) is 3.98. The molecule has 0 fully saturated rings. The van der Waals surface area contributed by atoms with Gasteiger partial charge in [-0.3, -0.25) is 4.79 Å². The summed E-state index contributed by atoms with van der Waals surface area (Å²) in [6.07, 6.45) is 42.2. The normalized spacial score (nSPS) is 13.3. The topological polar surface area (TPSA) is 43.1 Å². The maximum absolute atomic E-state index is 11.0. The molecular weight excluding hydrogens is 402 g/mol. The standard InChI is InChI=1S/C31H55NO/c1-3-4-5-6-7-8-9-10-11-12-13-14-15-16-17-18-19-20-21-22-23-24-25-26-27-28-29-30(2)31(32)33/h4-11,30H,3,12-29H2,1-2H3,(H2,32,33). The van der Waals surface area contributed by atoms with Crippen LogP contribution in [0.2, 0.25) is 0 Å². The van der Waals surface area contributed by atoms with Crippen molar-refractivity contribution in [3.05, 3.63) is 48.6 Å². The predicted molar refractivity (Wildman–Crippen MR) is 148 cm³/mol. The van der Waals surface area contributed by atoms with E-state index in [1.165, 1.54) is 103 Å². The van der Waals surface area contributed by atoms with Gasteiger partial charge in [-0.2, -0.15) is 0 Å². The summed E-state index contributed by atoms with van der Waals surface area (Å²) in [4.78, 5) is 11.0. The van der Waals surface area contributed by atoms with Crippen molar-refractivity contribution in [2.24, 2.45) is 11.7 Å². The number of amides is 1. The molecule has 0 saturated heterocycles. The van der Waals surface area contributed by atoms with E-state index in [4.69, 9.17) is 5.73 Å². The first-order chi connectivity index (χ1) is 16.2. The van der Waals surface area contributed by atoms with E-state index in [1.807, 2.05) is 6.92 Å². The number of carbonyl (C=O) groups excluding carboxylic acids is 1. The zero-order chi connectivity index (χ0) is 24.2. The van der Waals surface area contributed by atoms with E-state index in [0.29, 0.717) is 0 Å². The van der Waals surface area contributed by atoms with Gasteiger partial charge in [0.2, 0.25) is 5.91 Å². The second-order valence-electron chi connectivity index (χ2n) is 9.57. The number of primary amides is 1. The van der Waals surface area contributed by atoms with E-state index in [9.17, 15) is 4.79 Å². The number of hydrogen-bond donors (Lipinski definition) is 1. The Bertz CT molecular complexity index is 529. The van der Waals surface area contributed by atoms with Crippen LogP contribution in [0.4, 0.5) is 0 Å². The van der Waals surface area contributed by atoms with Gasteiger partial charge in [0.25, 0.3) is 0 Å². The lowest BCUT2D eigenvalue weighted by Crippen LogP contribution is -2.20. The summed E-state index contributed by atoms with van der Waals surface area (Å²) < 4.78 is 0. The van der Waals surface area contributed by atoms with E-state index in [-0.39, 0.29) is 11.8 Å². The minimum atomic E-state index is -0.151. The van der Waals surface area contributed by atoms with Crippen LogP contribution < -0.4 is 5.73 Å². The Morgan fingerprint density at radius 1 is 0.576 bits per heavy atom. The Morgan fingerprint density at radius 2 is 0.939 bits per heavy atom. The van der Waals surface area contributed by atoms with Crippen LogP contribution in [0, 0.1) is 5.92 Å². The Labute approximate surface area is 206 Å². The summed E-state index contributed by atoms with van der Waals surface area (Å²) in [6.45, 7) is 4.09. The first-order valence-electron chi connectivity index (χ1n) is 14.1. The van der Waals surface area contributed by atoms with Crippen molar-refractivity contribution < 1.29 is 4.79 Å². The molecule has 0 aromatic carbocycles. The van der Waals surface area contributed by atoms with Crippen molar-refractivity contribution in [3.63, 3.8) is 0 Å². The number of allylic oxidation sites excluding steroid dienone is 8. The third-order valence-electron chi connectivity index (χ3n) is 6.31. The molecule has 0 spiro atoms. The zero-order valence-electron chi connectivity index (χ0n) is 22.1. The molecule has 0 bridgehead atoms. The van der Waals surface area contributed by atoms with Crippen molar-refractivity contribution >= 4 is 5.91 Å². The van der Waals surface area contributed by atoms with Gasteiger partial charge in [-0.05, 0) is 25.7 Å². The molecule has 0 rings (SSSR count). The van der Waals surface area contributed by atoms with E-state index in [1.54, 1.807) is 0 Å². The van der Waals surface area contributed by atoms with Gasteiger partial charge in [0, 0.05) is 5.92 Å². The molecule has 0 heterocycles. The van der Waals surface area contributed by atoms with Crippen LogP contribution in [0.5, 0.6) is 0 Å². The van der Waals surface area contributed by atoms with Crippen molar-refractivity contribution in [1.29, 1.82) is 0 Å². The Morgan fingerprint density at radius 3 is 1.36 bits per heavy atom. The maximum Gasteiger partial charge on any atom is 0.220 e. The first kappa shape index (κ1) is 31.4. The molecule has 0 radical (unpaired) electrons. The fraction of sp³-hybridized carbons (Fsp3) is 0.710. The number of carbonyl (C=O) groups is 1. The van der Waals surface area contributed by atoms with E-state index >= 15 is 0 Å². The Balaban J connectivity index is 3.20. The summed E-state index contributed by atoms with van der Waals surface area (Å²) in [5, 5.41) is 0. The lowest BCUT2D eigenvalue weighted by Gasteiger charge is -2.06. The largest absolute Gasteiger partial charge is 0.369 e. The van der Waals surface area contributed by atoms with Crippen LogP contribution in [0.15, 0.2) is 48.6 Å². The SMILES string of the molecule is CCC=CC=CC=CC=CCCCCCCCCCCCCCCCCCCC(C)C(N)=O. The minimum Gasteiger partial charge on any atom is -0.369 e. The molecule has 0 aliphatic heterocycles. The summed E-state index contributed by atoms with van der Waals surface area (Å²) in [5.74, 6) is -0.103. The number of rotatable bonds is 24. The highest BCUT2D eigenvalue weighted by Crippen LogP contribution is 2.15. The molecule has 0 saturated carbocycles. The highest BCUT2D eigenvalue weighted by atomic mass is 16.1. The highest BCUT2D eigenvalue weighted by Gasteiger charge is 2.07. The maximum atomic E-state index is 11.0. The summed E-state index contributed by atoms with van der Waals surface area (Å²) in [6, 6.07) is 0. The monoisotopic (exact) mass is 457 g/mol. The quantitative estimate of drug-likeness (QED) is 0.114. The fourth-order valence-electron chi connectivity index (χ4n) is 3.98. The minimum absolute atomic E-state index is 0.0475. The molecule has 2 heteroatoms. The number of hydrogen-bond acceptors (Lipinski definition) is 1. The summed E-state index contributed by atoms with van der Waals surface area (Å²) >= 11 is 0. The molecule has 1 amide bonds. The van der Waals surface area contributed by atoms with Crippen molar-refractivity contribution in [2.45, 2.75) is 136 Å². The average molecular weight is 458 g/mol.